The van der Waals surface area contributed by atoms with Gasteiger partial charge in [0.05, 0.1) is 17.5 Å². The molecule has 0 radical (unpaired) electrons. The van der Waals surface area contributed by atoms with E-state index in [1.807, 2.05) is 68.4 Å². The Hall–Kier alpha value is -3.40. The number of nitrogens with zero attached hydrogens (tertiary/aromatic N) is 1. The van der Waals surface area contributed by atoms with Gasteiger partial charge in [-0.2, -0.15) is 0 Å². The predicted molar refractivity (Wildman–Crippen MR) is 109 cm³/mol. The van der Waals surface area contributed by atoms with Crippen molar-refractivity contribution in [3.63, 3.8) is 0 Å². The molecular formula is C24H21NO3. The maximum atomic E-state index is 13.2. The van der Waals surface area contributed by atoms with E-state index in [4.69, 9.17) is 0 Å². The molecule has 1 amide bonds. The lowest BCUT2D eigenvalue weighted by molar-refractivity contribution is -0.122. The topological polar surface area (TPSA) is 57.6 Å². The van der Waals surface area contributed by atoms with Crippen LogP contribution in [0.15, 0.2) is 72.8 Å². The lowest BCUT2D eigenvalue weighted by atomic mass is 9.86. The summed E-state index contributed by atoms with van der Waals surface area (Å²) >= 11 is 0. The number of rotatable bonds is 4. The maximum Gasteiger partial charge on any atom is 0.335 e. The van der Waals surface area contributed by atoms with Crippen molar-refractivity contribution in [2.45, 2.75) is 25.8 Å². The van der Waals surface area contributed by atoms with Crippen LogP contribution in [0.4, 0.5) is 5.69 Å². The van der Waals surface area contributed by atoms with Crippen molar-refractivity contribution >= 4 is 17.6 Å². The molecule has 4 rings (SSSR count). The molecule has 1 heterocycles. The Morgan fingerprint density at radius 2 is 1.64 bits per heavy atom. The van der Waals surface area contributed by atoms with E-state index in [0.29, 0.717) is 12.2 Å². The molecule has 1 aliphatic rings. The zero-order valence-electron chi connectivity index (χ0n) is 15.8. The fraction of sp³-hybridized carbons (Fsp3) is 0.167. The summed E-state index contributed by atoms with van der Waals surface area (Å²) in [4.78, 5) is 26.4. The molecule has 0 atom stereocenters. The van der Waals surface area contributed by atoms with Gasteiger partial charge in [-0.1, -0.05) is 60.7 Å². The van der Waals surface area contributed by atoms with Crippen LogP contribution in [0.3, 0.4) is 0 Å². The smallest absolute Gasteiger partial charge is 0.335 e. The van der Waals surface area contributed by atoms with Gasteiger partial charge in [0, 0.05) is 5.69 Å². The van der Waals surface area contributed by atoms with E-state index in [2.05, 4.69) is 0 Å². The van der Waals surface area contributed by atoms with Gasteiger partial charge in [0.15, 0.2) is 0 Å². The van der Waals surface area contributed by atoms with E-state index in [1.165, 1.54) is 0 Å². The van der Waals surface area contributed by atoms with Gasteiger partial charge in [-0.25, -0.2) is 4.79 Å². The van der Waals surface area contributed by atoms with Crippen molar-refractivity contribution in [1.82, 2.24) is 0 Å². The Morgan fingerprint density at radius 1 is 0.964 bits per heavy atom. The van der Waals surface area contributed by atoms with E-state index in [1.54, 1.807) is 23.1 Å². The van der Waals surface area contributed by atoms with Gasteiger partial charge in [0.25, 0.3) is 0 Å². The van der Waals surface area contributed by atoms with Crippen molar-refractivity contribution < 1.29 is 14.7 Å². The summed E-state index contributed by atoms with van der Waals surface area (Å²) in [7, 11) is 0. The molecule has 0 unspecified atom stereocenters. The second-order valence-electron chi connectivity index (χ2n) is 7.58. The molecular weight excluding hydrogens is 350 g/mol. The quantitative estimate of drug-likeness (QED) is 0.711. The summed E-state index contributed by atoms with van der Waals surface area (Å²) in [6.07, 6.45) is 0. The molecule has 3 aromatic carbocycles. The first-order valence-electron chi connectivity index (χ1n) is 9.22. The zero-order chi connectivity index (χ0) is 19.9. The minimum absolute atomic E-state index is 0.0205. The highest BCUT2D eigenvalue weighted by atomic mass is 16.4. The molecule has 0 aliphatic carbocycles. The summed E-state index contributed by atoms with van der Waals surface area (Å²) in [5.74, 6) is -1.02. The van der Waals surface area contributed by atoms with Gasteiger partial charge in [0.1, 0.15) is 0 Å². The van der Waals surface area contributed by atoms with Crippen molar-refractivity contribution in [1.29, 1.82) is 0 Å². The van der Waals surface area contributed by atoms with E-state index in [9.17, 15) is 14.7 Å². The van der Waals surface area contributed by atoms with Crippen LogP contribution in [-0.2, 0) is 16.8 Å². The average Bonchev–Trinajstić information content (AvgIpc) is 2.89. The van der Waals surface area contributed by atoms with Gasteiger partial charge in [-0.15, -0.1) is 0 Å². The lowest BCUT2D eigenvalue weighted by Crippen LogP contribution is -2.35. The van der Waals surface area contributed by atoms with Crippen molar-refractivity contribution in [3.05, 3.63) is 89.5 Å². The molecule has 140 valence electrons. The Bertz CT molecular complexity index is 1070. The third-order valence-corrected chi connectivity index (χ3v) is 5.42. The average molecular weight is 371 g/mol. The molecule has 0 saturated heterocycles. The fourth-order valence-electron chi connectivity index (χ4n) is 3.86. The van der Waals surface area contributed by atoms with Crippen LogP contribution < -0.4 is 4.90 Å². The van der Waals surface area contributed by atoms with Crippen LogP contribution in [-0.4, -0.2) is 17.0 Å². The minimum atomic E-state index is -0.996. The third kappa shape index (κ3) is 2.87. The molecule has 0 bridgehead atoms. The minimum Gasteiger partial charge on any atom is -0.478 e. The van der Waals surface area contributed by atoms with Crippen LogP contribution in [0.25, 0.3) is 11.1 Å². The largest absolute Gasteiger partial charge is 0.478 e. The van der Waals surface area contributed by atoms with Gasteiger partial charge in [0.2, 0.25) is 5.91 Å². The summed E-state index contributed by atoms with van der Waals surface area (Å²) in [6, 6.07) is 23.0. The van der Waals surface area contributed by atoms with Gasteiger partial charge in [-0.05, 0) is 48.2 Å². The Labute approximate surface area is 164 Å². The number of carbonyl (C=O) groups excluding carboxylic acids is 1. The van der Waals surface area contributed by atoms with Crippen LogP contribution >= 0.6 is 0 Å². The number of hydrogen-bond donors (Lipinski definition) is 1. The fourth-order valence-corrected chi connectivity index (χ4v) is 3.86. The Morgan fingerprint density at radius 3 is 2.36 bits per heavy atom. The predicted octanol–water partition coefficient (Wildman–Crippen LogP) is 4.88. The standard InChI is InChI=1S/C24H21NO3/c1-24(2)20-13-12-17(22(26)27)14-21(20)25(23(24)28)15-18-10-6-7-11-19(18)16-8-4-3-5-9-16/h3-14H,15H2,1-2H3,(H,26,27). The number of benzene rings is 3. The first-order chi connectivity index (χ1) is 13.4. The number of hydrogen-bond acceptors (Lipinski definition) is 2. The molecule has 1 N–H and O–H groups in total. The van der Waals surface area contributed by atoms with Crippen molar-refractivity contribution in [2.24, 2.45) is 0 Å². The normalized spacial score (nSPS) is 14.8. The molecule has 0 spiro atoms. The highest BCUT2D eigenvalue weighted by molar-refractivity contribution is 6.08. The van der Waals surface area contributed by atoms with Gasteiger partial charge >= 0.3 is 5.97 Å². The molecule has 28 heavy (non-hydrogen) atoms. The molecule has 4 heteroatoms. The number of carbonyl (C=O) groups is 2. The van der Waals surface area contributed by atoms with Crippen LogP contribution in [0.1, 0.15) is 35.3 Å². The number of amides is 1. The third-order valence-electron chi connectivity index (χ3n) is 5.42. The van der Waals surface area contributed by atoms with E-state index in [0.717, 1.165) is 22.3 Å². The monoisotopic (exact) mass is 371 g/mol. The van der Waals surface area contributed by atoms with E-state index in [-0.39, 0.29) is 11.5 Å². The summed E-state index contributed by atoms with van der Waals surface area (Å²) in [6.45, 7) is 4.17. The second kappa shape index (κ2) is 6.64. The number of anilines is 1. The van der Waals surface area contributed by atoms with Gasteiger partial charge < -0.3 is 10.0 Å². The zero-order valence-corrected chi connectivity index (χ0v) is 15.8. The van der Waals surface area contributed by atoms with Gasteiger partial charge in [-0.3, -0.25) is 4.79 Å². The number of aromatic carboxylic acids is 1. The SMILES string of the molecule is CC1(C)C(=O)N(Cc2ccccc2-c2ccccc2)c2cc(C(=O)O)ccc21. The molecule has 4 nitrogen and oxygen atoms in total. The molecule has 1 aliphatic heterocycles. The summed E-state index contributed by atoms with van der Waals surface area (Å²) < 4.78 is 0. The number of carboxylic acids is 1. The maximum absolute atomic E-state index is 13.2. The van der Waals surface area contributed by atoms with E-state index >= 15 is 0 Å². The van der Waals surface area contributed by atoms with Crippen LogP contribution in [0, 0.1) is 0 Å². The first kappa shape index (κ1) is 18.0. The number of carboxylic acid groups (broad SMARTS) is 1. The highest BCUT2D eigenvalue weighted by Gasteiger charge is 2.44. The lowest BCUT2D eigenvalue weighted by Gasteiger charge is -2.22. The Balaban J connectivity index is 1.79. The first-order valence-corrected chi connectivity index (χ1v) is 9.22. The molecule has 0 fully saturated rings. The molecule has 0 saturated carbocycles. The van der Waals surface area contributed by atoms with Crippen molar-refractivity contribution in [2.75, 3.05) is 4.90 Å². The highest BCUT2D eigenvalue weighted by Crippen LogP contribution is 2.43. The van der Waals surface area contributed by atoms with Crippen LogP contribution in [0.2, 0.25) is 0 Å². The molecule has 0 aromatic heterocycles. The van der Waals surface area contributed by atoms with E-state index < -0.39 is 11.4 Å². The summed E-state index contributed by atoms with van der Waals surface area (Å²) in [5, 5.41) is 9.38. The van der Waals surface area contributed by atoms with Crippen LogP contribution in [0.5, 0.6) is 0 Å². The van der Waals surface area contributed by atoms with Crippen molar-refractivity contribution in [3.8, 4) is 11.1 Å². The number of fused-ring (bicyclic) bond motifs is 1. The summed E-state index contributed by atoms with van der Waals surface area (Å²) in [5.41, 5.74) is 4.21. The Kier molecular flexibility index (Phi) is 4.27. The second-order valence-corrected chi connectivity index (χ2v) is 7.58. The molecule has 3 aromatic rings.